The summed E-state index contributed by atoms with van der Waals surface area (Å²) in [4.78, 5) is 9.17. The van der Waals surface area contributed by atoms with Crippen molar-refractivity contribution < 1.29 is 0 Å². The van der Waals surface area contributed by atoms with Crippen LogP contribution in [0.3, 0.4) is 0 Å². The number of nitrogens with zero attached hydrogens (tertiary/aromatic N) is 2. The highest BCUT2D eigenvalue weighted by Crippen LogP contribution is 2.26. The first-order valence-corrected chi connectivity index (χ1v) is 13.9. The topological polar surface area (TPSA) is 25.8 Å². The molecule has 196 valence electrons. The van der Waals surface area contributed by atoms with Gasteiger partial charge in [0, 0.05) is 23.4 Å². The van der Waals surface area contributed by atoms with E-state index >= 15 is 0 Å². The number of para-hydroxylation sites is 2. The zero-order valence-corrected chi connectivity index (χ0v) is 23.2. The quantitative estimate of drug-likeness (QED) is 0.205. The maximum absolute atomic E-state index is 4.99. The molecule has 2 heterocycles. The average Bonchev–Trinajstić information content (AvgIpc) is 3.02. The van der Waals surface area contributed by atoms with E-state index in [0.717, 1.165) is 29.6 Å². The van der Waals surface area contributed by atoms with E-state index in [4.69, 9.17) is 4.98 Å². The average molecular weight is 519 g/mol. The van der Waals surface area contributed by atoms with Gasteiger partial charge < -0.3 is 0 Å². The van der Waals surface area contributed by atoms with Gasteiger partial charge in [0.15, 0.2) is 0 Å². The van der Waals surface area contributed by atoms with Crippen LogP contribution in [0.4, 0.5) is 0 Å². The van der Waals surface area contributed by atoms with Gasteiger partial charge in [0.05, 0.1) is 16.7 Å². The van der Waals surface area contributed by atoms with Crippen LogP contribution in [0.5, 0.6) is 0 Å². The lowest BCUT2D eigenvalue weighted by Gasteiger charge is -2.11. The van der Waals surface area contributed by atoms with Crippen LogP contribution >= 0.6 is 0 Å². The van der Waals surface area contributed by atoms with Crippen molar-refractivity contribution in [1.82, 2.24) is 9.97 Å². The van der Waals surface area contributed by atoms with Crippen molar-refractivity contribution in [2.75, 3.05) is 0 Å². The van der Waals surface area contributed by atoms with Crippen LogP contribution in [0.15, 0.2) is 151 Å². The number of hydrogen-bond donors (Lipinski definition) is 0. The Hall–Kier alpha value is -4.82. The van der Waals surface area contributed by atoms with Crippen molar-refractivity contribution in [3.63, 3.8) is 0 Å². The van der Waals surface area contributed by atoms with Crippen molar-refractivity contribution in [1.29, 1.82) is 0 Å². The second kappa shape index (κ2) is 13.3. The molecule has 0 aliphatic rings. The van der Waals surface area contributed by atoms with Crippen LogP contribution in [0, 0.1) is 0 Å². The molecule has 40 heavy (non-hydrogen) atoms. The minimum absolute atomic E-state index is 0.843. The van der Waals surface area contributed by atoms with E-state index in [1.54, 1.807) is 0 Å². The molecule has 0 bridgehead atoms. The molecule has 2 nitrogen and oxygen atoms in total. The summed E-state index contributed by atoms with van der Waals surface area (Å²) in [6.07, 6.45) is 12.4. The first kappa shape index (κ1) is 26.8. The summed E-state index contributed by atoms with van der Waals surface area (Å²) in [7, 11) is 0. The van der Waals surface area contributed by atoms with E-state index in [9.17, 15) is 0 Å². The third kappa shape index (κ3) is 6.59. The van der Waals surface area contributed by atoms with Gasteiger partial charge in [0.1, 0.15) is 0 Å². The highest BCUT2D eigenvalue weighted by Gasteiger charge is 2.09. The molecular weight excluding hydrogens is 484 g/mol. The SMILES string of the molecule is C\C=C/C(=C/C=C(\Cc1cccc2ccccc12)c1ccc2ccccc2n1)CC.c1ccc2ncccc2c1. The third-order valence-corrected chi connectivity index (χ3v) is 6.99. The number of fused-ring (bicyclic) bond motifs is 3. The monoisotopic (exact) mass is 518 g/mol. The van der Waals surface area contributed by atoms with Crippen molar-refractivity contribution >= 4 is 38.2 Å². The first-order chi connectivity index (χ1) is 19.7. The highest BCUT2D eigenvalue weighted by atomic mass is 14.7. The summed E-state index contributed by atoms with van der Waals surface area (Å²) in [5.74, 6) is 0. The molecule has 0 fully saturated rings. The van der Waals surface area contributed by atoms with Gasteiger partial charge in [0.2, 0.25) is 0 Å². The minimum Gasteiger partial charge on any atom is -0.256 e. The molecule has 2 aromatic heterocycles. The van der Waals surface area contributed by atoms with E-state index in [0.29, 0.717) is 0 Å². The standard InChI is InChI=1S/C29H27N.C9H7N/c1-3-10-22(4-2)17-18-26(29-20-19-24-12-6-8-16-28(24)30-29)21-25-14-9-13-23-11-5-7-15-27(23)25;1-2-6-9-8(4-1)5-3-7-10-9/h3,5-20H,4,21H2,1-2H3;1-7H/b10-3-,22-17+,26-18+;. The van der Waals surface area contributed by atoms with Crippen LogP contribution < -0.4 is 0 Å². The molecule has 4 aromatic carbocycles. The lowest BCUT2D eigenvalue weighted by atomic mass is 9.95. The Morgan fingerprint density at radius 2 is 1.32 bits per heavy atom. The smallest absolute Gasteiger partial charge is 0.0709 e. The second-order valence-electron chi connectivity index (χ2n) is 9.69. The first-order valence-electron chi connectivity index (χ1n) is 13.9. The predicted octanol–water partition coefficient (Wildman–Crippen LogP) is 10.2. The largest absolute Gasteiger partial charge is 0.256 e. The zero-order chi connectivity index (χ0) is 27.6. The van der Waals surface area contributed by atoms with Crippen LogP contribution in [0.2, 0.25) is 0 Å². The van der Waals surface area contributed by atoms with Crippen LogP contribution in [-0.4, -0.2) is 9.97 Å². The molecule has 0 spiro atoms. The summed E-state index contributed by atoms with van der Waals surface area (Å²) in [6.45, 7) is 4.26. The van der Waals surface area contributed by atoms with Crippen LogP contribution in [0.25, 0.3) is 38.2 Å². The van der Waals surface area contributed by atoms with Gasteiger partial charge in [-0.2, -0.15) is 0 Å². The molecule has 2 heteroatoms. The van der Waals surface area contributed by atoms with E-state index in [1.165, 1.54) is 38.3 Å². The molecule has 0 radical (unpaired) electrons. The lowest BCUT2D eigenvalue weighted by Crippen LogP contribution is -1.96. The highest BCUT2D eigenvalue weighted by molar-refractivity contribution is 5.88. The molecule has 6 aromatic rings. The Kier molecular flexibility index (Phi) is 8.91. The van der Waals surface area contributed by atoms with Crippen LogP contribution in [-0.2, 0) is 6.42 Å². The van der Waals surface area contributed by atoms with Gasteiger partial charge in [0.25, 0.3) is 0 Å². The summed E-state index contributed by atoms with van der Waals surface area (Å²) in [5.41, 5.74) is 7.00. The second-order valence-corrected chi connectivity index (χ2v) is 9.69. The zero-order valence-electron chi connectivity index (χ0n) is 23.2. The van der Waals surface area contributed by atoms with Gasteiger partial charge >= 0.3 is 0 Å². The van der Waals surface area contributed by atoms with Gasteiger partial charge in [-0.1, -0.05) is 122 Å². The molecule has 0 atom stereocenters. The summed E-state index contributed by atoms with van der Waals surface area (Å²) in [5, 5.41) is 4.95. The third-order valence-electron chi connectivity index (χ3n) is 6.99. The maximum Gasteiger partial charge on any atom is 0.0709 e. The molecule has 0 aliphatic carbocycles. The number of hydrogen-bond acceptors (Lipinski definition) is 2. The van der Waals surface area contributed by atoms with Crippen molar-refractivity contribution in [3.05, 3.63) is 163 Å². The fourth-order valence-corrected chi connectivity index (χ4v) is 4.86. The number of rotatable bonds is 6. The molecule has 0 unspecified atom stereocenters. The van der Waals surface area contributed by atoms with Gasteiger partial charge in [-0.05, 0) is 65.1 Å². The summed E-state index contributed by atoms with van der Waals surface area (Å²) >= 11 is 0. The van der Waals surface area contributed by atoms with Gasteiger partial charge in [-0.3, -0.25) is 4.98 Å². The van der Waals surface area contributed by atoms with Crippen molar-refractivity contribution in [2.45, 2.75) is 26.7 Å². The predicted molar refractivity (Wildman–Crippen MR) is 172 cm³/mol. The fraction of sp³-hybridized carbons (Fsp3) is 0.105. The van der Waals surface area contributed by atoms with Gasteiger partial charge in [-0.15, -0.1) is 0 Å². The molecule has 0 aliphatic heterocycles. The Labute approximate surface area is 237 Å². The molecule has 0 amide bonds. The van der Waals surface area contributed by atoms with E-state index in [-0.39, 0.29) is 0 Å². The Morgan fingerprint density at radius 1 is 0.650 bits per heavy atom. The minimum atomic E-state index is 0.843. The molecule has 0 saturated heterocycles. The van der Waals surface area contributed by atoms with E-state index < -0.39 is 0 Å². The molecular formula is C38H34N2. The summed E-state index contributed by atoms with van der Waals surface area (Å²) < 4.78 is 0. The molecule has 0 saturated carbocycles. The fourth-order valence-electron chi connectivity index (χ4n) is 4.86. The van der Waals surface area contributed by atoms with E-state index in [2.05, 4.69) is 128 Å². The van der Waals surface area contributed by atoms with E-state index in [1.807, 2.05) is 36.5 Å². The molecule has 6 rings (SSSR count). The normalized spacial score (nSPS) is 12.2. The van der Waals surface area contributed by atoms with Crippen molar-refractivity contribution in [3.8, 4) is 0 Å². The van der Waals surface area contributed by atoms with Crippen LogP contribution in [0.1, 0.15) is 31.5 Å². The van der Waals surface area contributed by atoms with Gasteiger partial charge in [-0.25, -0.2) is 4.98 Å². The Balaban J connectivity index is 0.000000269. The Morgan fingerprint density at radius 3 is 2.10 bits per heavy atom. The lowest BCUT2D eigenvalue weighted by molar-refractivity contribution is 1.15. The number of aromatic nitrogens is 2. The maximum atomic E-state index is 4.99. The Bertz CT molecular complexity index is 1750. The number of pyridine rings is 2. The number of allylic oxidation sites excluding steroid dienone is 6. The summed E-state index contributed by atoms with van der Waals surface area (Å²) in [6, 6.07) is 39.9. The number of benzene rings is 4. The van der Waals surface area contributed by atoms with Crippen molar-refractivity contribution in [2.24, 2.45) is 0 Å². The molecule has 0 N–H and O–H groups in total.